The first-order valence-electron chi connectivity index (χ1n) is 12.3. The lowest BCUT2D eigenvalue weighted by Gasteiger charge is -2.11. The summed E-state index contributed by atoms with van der Waals surface area (Å²) in [4.78, 5) is 32.7. The van der Waals surface area contributed by atoms with Crippen molar-refractivity contribution in [3.63, 3.8) is 0 Å². The van der Waals surface area contributed by atoms with Crippen molar-refractivity contribution in [1.29, 1.82) is 0 Å². The van der Waals surface area contributed by atoms with E-state index in [1.54, 1.807) is 12.4 Å². The number of hydrogen-bond acceptors (Lipinski definition) is 8. The van der Waals surface area contributed by atoms with Crippen LogP contribution in [0, 0.1) is 0 Å². The average molecular weight is 531 g/mol. The van der Waals surface area contributed by atoms with Crippen molar-refractivity contribution in [2.45, 2.75) is 13.3 Å². The average Bonchev–Trinajstić information content (AvgIpc) is 2.96. The molecule has 0 saturated heterocycles. The minimum Gasteiger partial charge on any atom is -0.491 e. The van der Waals surface area contributed by atoms with Gasteiger partial charge in [0.15, 0.2) is 5.82 Å². The Balaban J connectivity index is 0.000000459. The summed E-state index contributed by atoms with van der Waals surface area (Å²) in [5.41, 5.74) is 3.92. The van der Waals surface area contributed by atoms with Gasteiger partial charge in [-0.3, -0.25) is 4.98 Å². The fourth-order valence-electron chi connectivity index (χ4n) is 3.50. The van der Waals surface area contributed by atoms with Crippen molar-refractivity contribution in [3.05, 3.63) is 79.1 Å². The number of benzene rings is 2. The van der Waals surface area contributed by atoms with E-state index in [0.29, 0.717) is 31.2 Å². The summed E-state index contributed by atoms with van der Waals surface area (Å²) in [6, 6.07) is 18.1. The molecule has 0 aliphatic carbocycles. The Morgan fingerprint density at radius 2 is 1.64 bits per heavy atom. The van der Waals surface area contributed by atoms with Crippen LogP contribution in [0.1, 0.15) is 13.3 Å². The maximum atomic E-state index is 9.55. The Kier molecular flexibility index (Phi) is 10.9. The lowest BCUT2D eigenvalue weighted by atomic mass is 10.0. The predicted octanol–water partition coefficient (Wildman–Crippen LogP) is 4.92. The first-order chi connectivity index (χ1) is 18.9. The molecule has 0 saturated carbocycles. The zero-order valence-electron chi connectivity index (χ0n) is 21.7. The number of aromatic nitrogens is 3. The van der Waals surface area contributed by atoms with E-state index in [2.05, 4.69) is 35.4 Å². The second-order valence-corrected chi connectivity index (χ2v) is 8.12. The first kappa shape index (κ1) is 28.7. The Morgan fingerprint density at radius 1 is 0.897 bits per heavy atom. The molecule has 4 rings (SSSR count). The van der Waals surface area contributed by atoms with Crippen LogP contribution in [-0.4, -0.2) is 64.0 Å². The molecule has 39 heavy (non-hydrogen) atoms. The van der Waals surface area contributed by atoms with E-state index in [-0.39, 0.29) is 0 Å². The van der Waals surface area contributed by atoms with Crippen LogP contribution >= 0.6 is 0 Å². The number of carboxylic acids is 2. The number of hydrogen-bond donors (Lipinski definition) is 3. The molecule has 10 nitrogen and oxygen atoms in total. The van der Waals surface area contributed by atoms with E-state index in [1.165, 1.54) is 0 Å². The summed E-state index contributed by atoms with van der Waals surface area (Å²) >= 11 is 0. The highest BCUT2D eigenvalue weighted by atomic mass is 16.5. The minimum absolute atomic E-state index is 0.538. The number of fused-ring (bicyclic) bond motifs is 1. The zero-order valence-corrected chi connectivity index (χ0v) is 21.7. The number of ether oxygens (including phenoxy) is 2. The summed E-state index contributed by atoms with van der Waals surface area (Å²) < 4.78 is 11.3. The topological polar surface area (TPSA) is 144 Å². The van der Waals surface area contributed by atoms with Crippen LogP contribution in [0.15, 0.2) is 79.1 Å². The molecule has 202 valence electrons. The lowest BCUT2D eigenvalue weighted by Crippen LogP contribution is -2.07. The monoisotopic (exact) mass is 530 g/mol. The number of nitrogens with one attached hydrogen (secondary N) is 1. The molecule has 0 unspecified atom stereocenters. The molecule has 0 spiro atoms. The highest BCUT2D eigenvalue weighted by Crippen LogP contribution is 2.30. The summed E-state index contributed by atoms with van der Waals surface area (Å²) in [5, 5.41) is 19.8. The standard InChI is InChI=1S/C25H26N4O2.C4H4O4/c1-3-12-30-13-14-31-21-8-4-6-18(15-21)19-9-10-23-22(16-19)25(26-2)29-24(28-23)20-7-5-11-27-17-20;5-3(6)1-2-4(7)8/h4-11,15-17H,3,12-14H2,1-2H3,(H,26,28,29);1-2H,(H,5,6)(H,7,8). The van der Waals surface area contributed by atoms with Crippen molar-refractivity contribution >= 4 is 28.7 Å². The summed E-state index contributed by atoms with van der Waals surface area (Å²) in [7, 11) is 1.87. The SMILES string of the molecule is CCCOCCOc1cccc(-c2ccc3nc(-c4cccnc4)nc(NC)c3c2)c1.O=C(O)C=CC(=O)O. The molecule has 10 heteroatoms. The van der Waals surface area contributed by atoms with Gasteiger partial charge in [-0.15, -0.1) is 0 Å². The van der Waals surface area contributed by atoms with E-state index >= 15 is 0 Å². The van der Waals surface area contributed by atoms with E-state index in [4.69, 9.17) is 29.7 Å². The van der Waals surface area contributed by atoms with Crippen LogP contribution in [0.4, 0.5) is 5.82 Å². The molecule has 0 radical (unpaired) electrons. The van der Waals surface area contributed by atoms with Gasteiger partial charge in [-0.05, 0) is 53.9 Å². The maximum Gasteiger partial charge on any atom is 0.328 e. The third-order valence-corrected chi connectivity index (χ3v) is 5.23. The second-order valence-electron chi connectivity index (χ2n) is 8.12. The lowest BCUT2D eigenvalue weighted by molar-refractivity contribution is -0.134. The molecule has 0 aliphatic rings. The van der Waals surface area contributed by atoms with Crippen molar-refractivity contribution in [3.8, 4) is 28.3 Å². The molecule has 0 atom stereocenters. The minimum atomic E-state index is -1.26. The van der Waals surface area contributed by atoms with E-state index < -0.39 is 11.9 Å². The van der Waals surface area contributed by atoms with Crippen LogP contribution in [0.5, 0.6) is 5.75 Å². The van der Waals surface area contributed by atoms with Gasteiger partial charge < -0.3 is 25.0 Å². The summed E-state index contributed by atoms with van der Waals surface area (Å²) in [6.45, 7) is 3.99. The third-order valence-electron chi connectivity index (χ3n) is 5.23. The van der Waals surface area contributed by atoms with Gasteiger partial charge in [0.2, 0.25) is 0 Å². The number of aliphatic carboxylic acids is 2. The number of pyridine rings is 1. The molecule has 2 heterocycles. The smallest absolute Gasteiger partial charge is 0.328 e. The fraction of sp³-hybridized carbons (Fsp3) is 0.207. The number of nitrogens with zero attached hydrogens (tertiary/aromatic N) is 3. The van der Waals surface area contributed by atoms with Gasteiger partial charge in [0.05, 0.1) is 12.1 Å². The molecule has 0 aliphatic heterocycles. The van der Waals surface area contributed by atoms with Gasteiger partial charge in [0, 0.05) is 49.1 Å². The number of carboxylic acid groups (broad SMARTS) is 2. The maximum absolute atomic E-state index is 9.55. The Hall–Kier alpha value is -4.83. The van der Waals surface area contributed by atoms with Crippen LogP contribution < -0.4 is 10.1 Å². The largest absolute Gasteiger partial charge is 0.491 e. The first-order valence-corrected chi connectivity index (χ1v) is 12.3. The van der Waals surface area contributed by atoms with Crippen molar-refractivity contribution < 1.29 is 29.3 Å². The Morgan fingerprint density at radius 3 is 2.31 bits per heavy atom. The highest BCUT2D eigenvalue weighted by molar-refractivity contribution is 5.94. The van der Waals surface area contributed by atoms with Gasteiger partial charge in [0.1, 0.15) is 18.2 Å². The fourth-order valence-corrected chi connectivity index (χ4v) is 3.50. The van der Waals surface area contributed by atoms with Crippen LogP contribution in [0.2, 0.25) is 0 Å². The van der Waals surface area contributed by atoms with Crippen LogP contribution in [0.3, 0.4) is 0 Å². The molecule has 0 fully saturated rings. The van der Waals surface area contributed by atoms with E-state index in [9.17, 15) is 9.59 Å². The van der Waals surface area contributed by atoms with Gasteiger partial charge in [-0.1, -0.05) is 25.1 Å². The molecule has 0 amide bonds. The quantitative estimate of drug-likeness (QED) is 0.181. The van der Waals surface area contributed by atoms with Crippen molar-refractivity contribution in [2.75, 3.05) is 32.2 Å². The van der Waals surface area contributed by atoms with E-state index in [0.717, 1.165) is 52.2 Å². The van der Waals surface area contributed by atoms with Gasteiger partial charge in [-0.25, -0.2) is 19.6 Å². The molecular weight excluding hydrogens is 500 g/mol. The molecule has 3 N–H and O–H groups in total. The van der Waals surface area contributed by atoms with E-state index in [1.807, 2.05) is 43.4 Å². The molecule has 2 aromatic heterocycles. The van der Waals surface area contributed by atoms with Gasteiger partial charge in [-0.2, -0.15) is 0 Å². The van der Waals surface area contributed by atoms with Crippen LogP contribution in [-0.2, 0) is 14.3 Å². The molecule has 0 bridgehead atoms. The predicted molar refractivity (Wildman–Crippen MR) is 149 cm³/mol. The Bertz CT molecular complexity index is 1410. The molecular formula is C29H30N4O6. The molecule has 2 aromatic carbocycles. The normalized spacial score (nSPS) is 10.6. The van der Waals surface area contributed by atoms with Crippen molar-refractivity contribution in [2.24, 2.45) is 0 Å². The summed E-state index contributed by atoms with van der Waals surface area (Å²) in [6.07, 6.45) is 5.64. The van der Waals surface area contributed by atoms with Gasteiger partial charge in [0.25, 0.3) is 0 Å². The second kappa shape index (κ2) is 14.8. The molecule has 4 aromatic rings. The zero-order chi connectivity index (χ0) is 28.0. The number of carbonyl (C=O) groups is 2. The Labute approximate surface area is 226 Å². The van der Waals surface area contributed by atoms with Gasteiger partial charge >= 0.3 is 11.9 Å². The summed E-state index contributed by atoms with van der Waals surface area (Å²) in [5.74, 6) is -0.251. The number of anilines is 1. The van der Waals surface area contributed by atoms with Crippen LogP contribution in [0.25, 0.3) is 33.4 Å². The highest BCUT2D eigenvalue weighted by Gasteiger charge is 2.11. The van der Waals surface area contributed by atoms with Crippen molar-refractivity contribution in [1.82, 2.24) is 15.0 Å². The number of rotatable bonds is 11. The third kappa shape index (κ3) is 8.90.